The SMILES string of the molecule is CONC(=O)Cc1ccccc1F. The van der Waals surface area contributed by atoms with Crippen LogP contribution in [-0.2, 0) is 16.1 Å². The lowest BCUT2D eigenvalue weighted by atomic mass is 10.1. The predicted molar refractivity (Wildman–Crippen MR) is 45.3 cm³/mol. The summed E-state index contributed by atoms with van der Waals surface area (Å²) in [5.41, 5.74) is 2.47. The van der Waals surface area contributed by atoms with Crippen LogP contribution >= 0.6 is 0 Å². The second kappa shape index (κ2) is 4.57. The molecule has 1 amide bonds. The van der Waals surface area contributed by atoms with Crippen molar-refractivity contribution >= 4 is 5.91 Å². The number of hydrogen-bond acceptors (Lipinski definition) is 2. The number of hydroxylamine groups is 1. The van der Waals surface area contributed by atoms with Gasteiger partial charge in [-0.05, 0) is 11.6 Å². The van der Waals surface area contributed by atoms with Crippen LogP contribution < -0.4 is 5.48 Å². The fourth-order valence-electron chi connectivity index (χ4n) is 0.965. The molecule has 0 bridgehead atoms. The smallest absolute Gasteiger partial charge is 0.248 e. The van der Waals surface area contributed by atoms with Crippen molar-refractivity contribution < 1.29 is 14.0 Å². The van der Waals surface area contributed by atoms with Crippen LogP contribution in [0.2, 0.25) is 0 Å². The third-order valence-corrected chi connectivity index (χ3v) is 1.52. The normalized spacial score (nSPS) is 9.69. The van der Waals surface area contributed by atoms with E-state index in [-0.39, 0.29) is 18.1 Å². The quantitative estimate of drug-likeness (QED) is 0.711. The van der Waals surface area contributed by atoms with Crippen LogP contribution in [0.1, 0.15) is 5.56 Å². The molecule has 0 spiro atoms. The van der Waals surface area contributed by atoms with E-state index in [4.69, 9.17) is 0 Å². The molecule has 0 atom stereocenters. The molecule has 70 valence electrons. The Morgan fingerprint density at radius 2 is 2.23 bits per heavy atom. The summed E-state index contributed by atoms with van der Waals surface area (Å²) in [6.07, 6.45) is -0.0134. The van der Waals surface area contributed by atoms with E-state index in [9.17, 15) is 9.18 Å². The van der Waals surface area contributed by atoms with E-state index in [0.29, 0.717) is 5.56 Å². The molecular formula is C9H10FNO2. The molecule has 0 aliphatic heterocycles. The first-order valence-electron chi connectivity index (χ1n) is 3.79. The lowest BCUT2D eigenvalue weighted by Crippen LogP contribution is -2.23. The molecule has 0 heterocycles. The van der Waals surface area contributed by atoms with Crippen LogP contribution in [0.5, 0.6) is 0 Å². The fraction of sp³-hybridized carbons (Fsp3) is 0.222. The molecule has 1 rings (SSSR count). The Balaban J connectivity index is 2.63. The van der Waals surface area contributed by atoms with Gasteiger partial charge in [0, 0.05) is 0 Å². The fourth-order valence-corrected chi connectivity index (χ4v) is 0.965. The molecule has 1 aromatic rings. The molecule has 4 heteroatoms. The first kappa shape index (κ1) is 9.67. The van der Waals surface area contributed by atoms with E-state index in [0.717, 1.165) is 0 Å². The lowest BCUT2D eigenvalue weighted by molar-refractivity contribution is -0.130. The summed E-state index contributed by atoms with van der Waals surface area (Å²) in [4.78, 5) is 15.4. The number of carbonyl (C=O) groups excluding carboxylic acids is 1. The van der Waals surface area contributed by atoms with E-state index >= 15 is 0 Å². The second-order valence-electron chi connectivity index (χ2n) is 2.50. The van der Waals surface area contributed by atoms with Crippen molar-refractivity contribution in [2.45, 2.75) is 6.42 Å². The molecule has 0 aliphatic rings. The third kappa shape index (κ3) is 2.83. The lowest BCUT2D eigenvalue weighted by Gasteiger charge is -2.02. The number of carbonyl (C=O) groups is 1. The summed E-state index contributed by atoms with van der Waals surface area (Å²) in [7, 11) is 1.33. The van der Waals surface area contributed by atoms with Gasteiger partial charge in [-0.25, -0.2) is 9.87 Å². The van der Waals surface area contributed by atoms with Gasteiger partial charge in [0.2, 0.25) is 5.91 Å². The van der Waals surface area contributed by atoms with Crippen LogP contribution in [0, 0.1) is 5.82 Å². The van der Waals surface area contributed by atoms with Crippen LogP contribution in [0.25, 0.3) is 0 Å². The minimum absolute atomic E-state index is 0.0134. The van der Waals surface area contributed by atoms with Gasteiger partial charge in [0.15, 0.2) is 0 Å². The molecule has 1 N–H and O–H groups in total. The van der Waals surface area contributed by atoms with Crippen molar-refractivity contribution in [1.82, 2.24) is 5.48 Å². The maximum absolute atomic E-state index is 13.0. The maximum Gasteiger partial charge on any atom is 0.248 e. The van der Waals surface area contributed by atoms with Crippen molar-refractivity contribution in [2.75, 3.05) is 7.11 Å². The van der Waals surface area contributed by atoms with Gasteiger partial charge in [-0.2, -0.15) is 0 Å². The van der Waals surface area contributed by atoms with E-state index in [1.54, 1.807) is 18.2 Å². The third-order valence-electron chi connectivity index (χ3n) is 1.52. The molecule has 1 aromatic carbocycles. The Bertz CT molecular complexity index is 301. The van der Waals surface area contributed by atoms with Crippen LogP contribution in [0.15, 0.2) is 24.3 Å². The Labute approximate surface area is 75.5 Å². The summed E-state index contributed by atoms with van der Waals surface area (Å²) < 4.78 is 13.0. The number of amides is 1. The van der Waals surface area contributed by atoms with Gasteiger partial charge in [-0.15, -0.1) is 0 Å². The van der Waals surface area contributed by atoms with Crippen molar-refractivity contribution in [3.8, 4) is 0 Å². The molecular weight excluding hydrogens is 173 g/mol. The molecule has 0 unspecified atom stereocenters. The van der Waals surface area contributed by atoms with Crippen molar-refractivity contribution in [1.29, 1.82) is 0 Å². The Hall–Kier alpha value is -1.42. The van der Waals surface area contributed by atoms with Gasteiger partial charge in [0.05, 0.1) is 13.5 Å². The number of nitrogens with one attached hydrogen (secondary N) is 1. The molecule has 0 saturated carbocycles. The molecule has 0 radical (unpaired) electrons. The summed E-state index contributed by atoms with van der Waals surface area (Å²) in [6, 6.07) is 6.13. The van der Waals surface area contributed by atoms with E-state index in [2.05, 4.69) is 10.3 Å². The van der Waals surface area contributed by atoms with Gasteiger partial charge in [-0.3, -0.25) is 9.63 Å². The van der Waals surface area contributed by atoms with Gasteiger partial charge in [0.25, 0.3) is 0 Å². The standard InChI is InChI=1S/C9H10FNO2/c1-13-11-9(12)6-7-4-2-3-5-8(7)10/h2-5H,6H2,1H3,(H,11,12). The van der Waals surface area contributed by atoms with Gasteiger partial charge in [0.1, 0.15) is 5.82 Å². The van der Waals surface area contributed by atoms with Crippen molar-refractivity contribution in [3.05, 3.63) is 35.6 Å². The molecule has 13 heavy (non-hydrogen) atoms. The summed E-state index contributed by atoms with van der Waals surface area (Å²) in [5, 5.41) is 0. The second-order valence-corrected chi connectivity index (χ2v) is 2.50. The van der Waals surface area contributed by atoms with Gasteiger partial charge < -0.3 is 0 Å². The average Bonchev–Trinajstić information content (AvgIpc) is 2.09. The molecule has 0 aliphatic carbocycles. The minimum atomic E-state index is -0.381. The first-order valence-corrected chi connectivity index (χ1v) is 3.79. The van der Waals surface area contributed by atoms with Crippen LogP contribution in [0.3, 0.4) is 0 Å². The maximum atomic E-state index is 13.0. The highest BCUT2D eigenvalue weighted by molar-refractivity contribution is 5.77. The van der Waals surface area contributed by atoms with Crippen LogP contribution in [-0.4, -0.2) is 13.0 Å². The van der Waals surface area contributed by atoms with Crippen LogP contribution in [0.4, 0.5) is 4.39 Å². The Kier molecular flexibility index (Phi) is 3.40. The summed E-state index contributed by atoms with van der Waals surface area (Å²) in [6.45, 7) is 0. The summed E-state index contributed by atoms with van der Waals surface area (Å²) in [5.74, 6) is -0.749. The highest BCUT2D eigenvalue weighted by Crippen LogP contribution is 2.06. The van der Waals surface area contributed by atoms with Gasteiger partial charge in [-0.1, -0.05) is 18.2 Å². The number of hydrogen-bond donors (Lipinski definition) is 1. The zero-order chi connectivity index (χ0) is 9.68. The monoisotopic (exact) mass is 183 g/mol. The highest BCUT2D eigenvalue weighted by Gasteiger charge is 2.06. The zero-order valence-electron chi connectivity index (χ0n) is 7.21. The minimum Gasteiger partial charge on any atom is -0.277 e. The topological polar surface area (TPSA) is 38.3 Å². The van der Waals surface area contributed by atoms with Crippen molar-refractivity contribution in [2.24, 2.45) is 0 Å². The first-order chi connectivity index (χ1) is 6.24. The zero-order valence-corrected chi connectivity index (χ0v) is 7.21. The molecule has 3 nitrogen and oxygen atoms in total. The Morgan fingerprint density at radius 1 is 1.54 bits per heavy atom. The molecule has 0 aromatic heterocycles. The van der Waals surface area contributed by atoms with E-state index in [1.807, 2.05) is 0 Å². The Morgan fingerprint density at radius 3 is 2.85 bits per heavy atom. The van der Waals surface area contributed by atoms with Crippen molar-refractivity contribution in [3.63, 3.8) is 0 Å². The number of rotatable bonds is 3. The molecule has 0 saturated heterocycles. The highest BCUT2D eigenvalue weighted by atomic mass is 19.1. The van der Waals surface area contributed by atoms with Gasteiger partial charge >= 0.3 is 0 Å². The number of halogens is 1. The predicted octanol–water partition coefficient (Wildman–Crippen LogP) is 1.05. The van der Waals surface area contributed by atoms with E-state index < -0.39 is 0 Å². The average molecular weight is 183 g/mol. The summed E-state index contributed by atoms with van der Waals surface area (Å²) >= 11 is 0. The molecule has 0 fully saturated rings. The largest absolute Gasteiger partial charge is 0.277 e. The van der Waals surface area contributed by atoms with E-state index in [1.165, 1.54) is 13.2 Å². The number of benzene rings is 1.